The topological polar surface area (TPSA) is 43.2 Å². The Balaban J connectivity index is 1.77. The van der Waals surface area contributed by atoms with Crippen molar-refractivity contribution in [3.63, 3.8) is 0 Å². The molecular weight excluding hydrogens is 324 g/mol. The van der Waals surface area contributed by atoms with E-state index >= 15 is 0 Å². The summed E-state index contributed by atoms with van der Waals surface area (Å²) in [6, 6.07) is 12.1. The number of likely N-dealkylation sites (tertiary alicyclic amines) is 1. The van der Waals surface area contributed by atoms with Crippen molar-refractivity contribution in [3.8, 4) is 11.6 Å². The fourth-order valence-corrected chi connectivity index (χ4v) is 3.92. The number of ether oxygens (including phenoxy) is 1. The van der Waals surface area contributed by atoms with Crippen molar-refractivity contribution in [1.82, 2.24) is 19.7 Å². The van der Waals surface area contributed by atoms with Crippen LogP contribution in [0.4, 0.5) is 0 Å². The molecule has 3 aromatic rings. The third-order valence-corrected chi connectivity index (χ3v) is 5.27. The van der Waals surface area contributed by atoms with Gasteiger partial charge in [-0.2, -0.15) is 5.10 Å². The van der Waals surface area contributed by atoms with E-state index in [9.17, 15) is 0 Å². The Labute approximate surface area is 154 Å². The minimum Gasteiger partial charge on any atom is -0.496 e. The van der Waals surface area contributed by atoms with E-state index in [1.54, 1.807) is 7.11 Å². The number of aromatic nitrogens is 3. The van der Waals surface area contributed by atoms with Crippen LogP contribution in [0.5, 0.6) is 5.75 Å². The standard InChI is InChI=1S/C21H26N4O/c1-3-4-13-24-14-11-16(15-24)21-20-17(8-7-9-18(20)26-2)25(23-21)19-10-5-6-12-22-19/h5-10,12,16H,3-4,11,13-15H2,1-2H3. The molecule has 0 N–H and O–H groups in total. The maximum absolute atomic E-state index is 5.68. The molecule has 1 fully saturated rings. The predicted molar refractivity (Wildman–Crippen MR) is 104 cm³/mol. The molecule has 5 heteroatoms. The van der Waals surface area contributed by atoms with Crippen LogP contribution in [-0.2, 0) is 0 Å². The van der Waals surface area contributed by atoms with Gasteiger partial charge in [-0.1, -0.05) is 25.5 Å². The molecule has 26 heavy (non-hydrogen) atoms. The molecule has 1 aliphatic rings. The molecule has 2 aromatic heterocycles. The first kappa shape index (κ1) is 17.0. The zero-order valence-electron chi connectivity index (χ0n) is 15.6. The van der Waals surface area contributed by atoms with Crippen LogP contribution in [0.15, 0.2) is 42.6 Å². The zero-order valence-corrected chi connectivity index (χ0v) is 15.6. The number of hydrogen-bond acceptors (Lipinski definition) is 4. The number of methoxy groups -OCH3 is 1. The van der Waals surface area contributed by atoms with E-state index in [-0.39, 0.29) is 0 Å². The molecule has 1 aliphatic heterocycles. The van der Waals surface area contributed by atoms with Crippen molar-refractivity contribution in [2.45, 2.75) is 32.1 Å². The zero-order chi connectivity index (χ0) is 17.9. The lowest BCUT2D eigenvalue weighted by Gasteiger charge is -2.14. The third kappa shape index (κ3) is 3.07. The van der Waals surface area contributed by atoms with Crippen molar-refractivity contribution >= 4 is 10.9 Å². The number of benzene rings is 1. The predicted octanol–water partition coefficient (Wildman–Crippen LogP) is 4.02. The Morgan fingerprint density at radius 2 is 2.12 bits per heavy atom. The molecular formula is C21H26N4O. The number of rotatable bonds is 6. The molecule has 0 amide bonds. The highest BCUT2D eigenvalue weighted by Crippen LogP contribution is 2.37. The molecule has 0 bridgehead atoms. The molecule has 0 saturated carbocycles. The summed E-state index contributed by atoms with van der Waals surface area (Å²) in [5.74, 6) is 2.18. The number of nitrogens with zero attached hydrogens (tertiary/aromatic N) is 4. The second-order valence-corrected chi connectivity index (χ2v) is 6.98. The first-order valence-corrected chi connectivity index (χ1v) is 9.51. The lowest BCUT2D eigenvalue weighted by molar-refractivity contribution is 0.327. The van der Waals surface area contributed by atoms with Crippen LogP contribution in [0.2, 0.25) is 0 Å². The fraction of sp³-hybridized carbons (Fsp3) is 0.429. The van der Waals surface area contributed by atoms with Gasteiger partial charge in [-0.25, -0.2) is 9.67 Å². The average molecular weight is 350 g/mol. The van der Waals surface area contributed by atoms with Crippen molar-refractivity contribution in [3.05, 3.63) is 48.3 Å². The molecule has 1 unspecified atom stereocenters. The van der Waals surface area contributed by atoms with E-state index in [2.05, 4.69) is 22.9 Å². The van der Waals surface area contributed by atoms with E-state index in [0.717, 1.165) is 47.7 Å². The molecule has 136 valence electrons. The molecule has 4 rings (SSSR count). The molecule has 1 aromatic carbocycles. The first-order valence-electron chi connectivity index (χ1n) is 9.51. The Bertz CT molecular complexity index is 874. The summed E-state index contributed by atoms with van der Waals surface area (Å²) in [6.07, 6.45) is 5.46. The van der Waals surface area contributed by atoms with Gasteiger partial charge in [0.05, 0.1) is 23.7 Å². The second-order valence-electron chi connectivity index (χ2n) is 6.98. The van der Waals surface area contributed by atoms with E-state index in [4.69, 9.17) is 9.84 Å². The smallest absolute Gasteiger partial charge is 0.153 e. The molecule has 5 nitrogen and oxygen atoms in total. The molecule has 0 radical (unpaired) electrons. The van der Waals surface area contributed by atoms with Crippen molar-refractivity contribution < 1.29 is 4.74 Å². The number of fused-ring (bicyclic) bond motifs is 1. The minimum atomic E-state index is 0.440. The molecule has 3 heterocycles. The SMILES string of the molecule is CCCCN1CCC(c2nn(-c3ccccn3)c3cccc(OC)c23)C1. The Kier molecular flexibility index (Phi) is 4.89. The normalized spacial score (nSPS) is 17.8. The van der Waals surface area contributed by atoms with Crippen molar-refractivity contribution in [2.75, 3.05) is 26.7 Å². The quantitative estimate of drug-likeness (QED) is 0.673. The van der Waals surface area contributed by atoms with Crippen LogP contribution in [0, 0.1) is 0 Å². The summed E-state index contributed by atoms with van der Waals surface area (Å²) in [6.45, 7) is 5.66. The summed E-state index contributed by atoms with van der Waals surface area (Å²) in [5.41, 5.74) is 2.20. The maximum atomic E-state index is 5.68. The second kappa shape index (κ2) is 7.46. The number of pyridine rings is 1. The monoisotopic (exact) mass is 350 g/mol. The highest BCUT2D eigenvalue weighted by Gasteiger charge is 2.29. The van der Waals surface area contributed by atoms with Gasteiger partial charge in [-0.05, 0) is 50.2 Å². The van der Waals surface area contributed by atoms with Gasteiger partial charge >= 0.3 is 0 Å². The first-order chi connectivity index (χ1) is 12.8. The van der Waals surface area contributed by atoms with Gasteiger partial charge in [-0.3, -0.25) is 0 Å². The summed E-state index contributed by atoms with van der Waals surface area (Å²) < 4.78 is 7.64. The van der Waals surface area contributed by atoms with Crippen LogP contribution in [0.1, 0.15) is 37.8 Å². The third-order valence-electron chi connectivity index (χ3n) is 5.27. The van der Waals surface area contributed by atoms with Gasteiger partial charge in [0.2, 0.25) is 0 Å². The molecule has 1 saturated heterocycles. The van der Waals surface area contributed by atoms with Gasteiger partial charge in [0.25, 0.3) is 0 Å². The number of unbranched alkanes of at least 4 members (excludes halogenated alkanes) is 1. The Morgan fingerprint density at radius 1 is 1.19 bits per heavy atom. The highest BCUT2D eigenvalue weighted by molar-refractivity contribution is 5.89. The van der Waals surface area contributed by atoms with Crippen molar-refractivity contribution in [1.29, 1.82) is 0 Å². The van der Waals surface area contributed by atoms with Gasteiger partial charge in [0, 0.05) is 18.7 Å². The molecule has 0 spiro atoms. The van der Waals surface area contributed by atoms with E-state index in [0.29, 0.717) is 5.92 Å². The maximum Gasteiger partial charge on any atom is 0.153 e. The van der Waals surface area contributed by atoms with E-state index in [1.165, 1.54) is 19.4 Å². The minimum absolute atomic E-state index is 0.440. The average Bonchev–Trinajstić information content (AvgIpc) is 3.31. The largest absolute Gasteiger partial charge is 0.496 e. The van der Waals surface area contributed by atoms with E-state index in [1.807, 2.05) is 41.2 Å². The lowest BCUT2D eigenvalue weighted by atomic mass is 10.0. The summed E-state index contributed by atoms with van der Waals surface area (Å²) >= 11 is 0. The van der Waals surface area contributed by atoms with Gasteiger partial charge in [0.1, 0.15) is 5.75 Å². The van der Waals surface area contributed by atoms with Crippen LogP contribution in [0.25, 0.3) is 16.7 Å². The van der Waals surface area contributed by atoms with Gasteiger partial charge < -0.3 is 9.64 Å². The highest BCUT2D eigenvalue weighted by atomic mass is 16.5. The van der Waals surface area contributed by atoms with Crippen LogP contribution in [-0.4, -0.2) is 46.4 Å². The van der Waals surface area contributed by atoms with Gasteiger partial charge in [0.15, 0.2) is 5.82 Å². The Morgan fingerprint density at radius 3 is 2.88 bits per heavy atom. The lowest BCUT2D eigenvalue weighted by Crippen LogP contribution is -2.21. The van der Waals surface area contributed by atoms with Crippen LogP contribution >= 0.6 is 0 Å². The van der Waals surface area contributed by atoms with Crippen LogP contribution in [0.3, 0.4) is 0 Å². The summed E-state index contributed by atoms with van der Waals surface area (Å²) in [4.78, 5) is 7.06. The van der Waals surface area contributed by atoms with Crippen LogP contribution < -0.4 is 4.74 Å². The molecule has 1 atom stereocenters. The van der Waals surface area contributed by atoms with Gasteiger partial charge in [-0.15, -0.1) is 0 Å². The summed E-state index contributed by atoms with van der Waals surface area (Å²) in [5, 5.41) is 6.14. The summed E-state index contributed by atoms with van der Waals surface area (Å²) in [7, 11) is 1.73. The van der Waals surface area contributed by atoms with E-state index < -0.39 is 0 Å². The fourth-order valence-electron chi connectivity index (χ4n) is 3.92. The van der Waals surface area contributed by atoms with Crippen molar-refractivity contribution in [2.24, 2.45) is 0 Å². The number of hydrogen-bond donors (Lipinski definition) is 0. The Hall–Kier alpha value is -2.40. The molecule has 0 aliphatic carbocycles.